The van der Waals surface area contributed by atoms with Gasteiger partial charge in [-0.1, -0.05) is 11.5 Å². The van der Waals surface area contributed by atoms with E-state index in [2.05, 4.69) is 10.2 Å². The summed E-state index contributed by atoms with van der Waals surface area (Å²) in [7, 11) is 2.01. The third-order valence-electron chi connectivity index (χ3n) is 2.60. The molecular formula is C9H15N3O. The Labute approximate surface area is 77.9 Å². The maximum atomic E-state index is 5.32. The molecule has 0 unspecified atom stereocenters. The Morgan fingerprint density at radius 3 is 2.69 bits per heavy atom. The lowest BCUT2D eigenvalue weighted by atomic mass is 9.85. The fourth-order valence-corrected chi connectivity index (χ4v) is 1.58. The van der Waals surface area contributed by atoms with Crippen LogP contribution >= 0.6 is 0 Å². The van der Waals surface area contributed by atoms with Crippen LogP contribution in [0.2, 0.25) is 0 Å². The lowest BCUT2D eigenvalue weighted by Crippen LogP contribution is -2.29. The fraction of sp³-hybridized carbons (Fsp3) is 0.778. The number of anilines is 1. The van der Waals surface area contributed by atoms with Gasteiger partial charge in [0.15, 0.2) is 0 Å². The minimum atomic E-state index is 0.635. The average molecular weight is 181 g/mol. The summed E-state index contributed by atoms with van der Waals surface area (Å²) in [5, 5.41) is 7.77. The second-order valence-corrected chi connectivity index (χ2v) is 3.78. The maximum Gasteiger partial charge on any atom is 0.317 e. The lowest BCUT2D eigenvalue weighted by Gasteiger charge is -2.28. The molecule has 0 aliphatic heterocycles. The molecule has 0 atom stereocenters. The van der Waals surface area contributed by atoms with E-state index in [1.807, 2.05) is 18.9 Å². The summed E-state index contributed by atoms with van der Waals surface area (Å²) in [4.78, 5) is 2.05. The standard InChI is InChI=1S/C9H15N3O/c1-7-10-11-9(13-7)12(2)6-8-4-3-5-8/h8H,3-6H2,1-2H3. The molecule has 4 heteroatoms. The highest BCUT2D eigenvalue weighted by atomic mass is 16.4. The summed E-state index contributed by atoms with van der Waals surface area (Å²) in [6.45, 7) is 2.86. The van der Waals surface area contributed by atoms with Gasteiger partial charge in [-0.25, -0.2) is 0 Å². The van der Waals surface area contributed by atoms with E-state index in [4.69, 9.17) is 4.42 Å². The predicted octanol–water partition coefficient (Wildman–Crippen LogP) is 1.61. The van der Waals surface area contributed by atoms with E-state index < -0.39 is 0 Å². The average Bonchev–Trinajstić information content (AvgIpc) is 2.44. The molecule has 1 aliphatic carbocycles. The molecule has 0 N–H and O–H groups in total. The highest BCUT2D eigenvalue weighted by molar-refractivity contribution is 5.21. The molecule has 1 heterocycles. The van der Waals surface area contributed by atoms with Gasteiger partial charge in [0, 0.05) is 20.5 Å². The van der Waals surface area contributed by atoms with Gasteiger partial charge < -0.3 is 9.32 Å². The zero-order valence-electron chi connectivity index (χ0n) is 8.16. The normalized spacial score (nSPS) is 17.1. The first-order valence-electron chi connectivity index (χ1n) is 4.77. The summed E-state index contributed by atoms with van der Waals surface area (Å²) >= 11 is 0. The topological polar surface area (TPSA) is 42.2 Å². The Balaban J connectivity index is 1.92. The molecule has 1 aliphatic rings. The Kier molecular flexibility index (Phi) is 2.20. The van der Waals surface area contributed by atoms with Crippen molar-refractivity contribution in [1.82, 2.24) is 10.2 Å². The van der Waals surface area contributed by atoms with Crippen molar-refractivity contribution in [3.8, 4) is 0 Å². The van der Waals surface area contributed by atoms with Crippen LogP contribution in [0.4, 0.5) is 6.01 Å². The molecule has 0 amide bonds. The van der Waals surface area contributed by atoms with E-state index in [1.54, 1.807) is 0 Å². The van der Waals surface area contributed by atoms with Crippen LogP contribution in [0.5, 0.6) is 0 Å². The number of nitrogens with zero attached hydrogens (tertiary/aromatic N) is 3. The van der Waals surface area contributed by atoms with Crippen LogP contribution in [-0.4, -0.2) is 23.8 Å². The van der Waals surface area contributed by atoms with Crippen molar-refractivity contribution in [2.75, 3.05) is 18.5 Å². The number of aromatic nitrogens is 2. The quantitative estimate of drug-likeness (QED) is 0.710. The van der Waals surface area contributed by atoms with Crippen LogP contribution in [0.3, 0.4) is 0 Å². The fourth-order valence-electron chi connectivity index (χ4n) is 1.58. The highest BCUT2D eigenvalue weighted by Crippen LogP contribution is 2.27. The van der Waals surface area contributed by atoms with E-state index in [1.165, 1.54) is 19.3 Å². The number of hydrogen-bond donors (Lipinski definition) is 0. The van der Waals surface area contributed by atoms with Crippen LogP contribution < -0.4 is 4.90 Å². The van der Waals surface area contributed by atoms with E-state index in [9.17, 15) is 0 Å². The first-order chi connectivity index (χ1) is 6.25. The minimum Gasteiger partial charge on any atom is -0.408 e. The Morgan fingerprint density at radius 1 is 1.46 bits per heavy atom. The van der Waals surface area contributed by atoms with Crippen LogP contribution in [0, 0.1) is 12.8 Å². The second-order valence-electron chi connectivity index (χ2n) is 3.78. The summed E-state index contributed by atoms with van der Waals surface area (Å²) in [5.74, 6) is 1.47. The van der Waals surface area contributed by atoms with Gasteiger partial charge in [0.1, 0.15) is 0 Å². The van der Waals surface area contributed by atoms with Gasteiger partial charge in [-0.15, -0.1) is 5.10 Å². The van der Waals surface area contributed by atoms with Gasteiger partial charge in [0.05, 0.1) is 0 Å². The Hall–Kier alpha value is -1.06. The lowest BCUT2D eigenvalue weighted by molar-refractivity contribution is 0.316. The van der Waals surface area contributed by atoms with Crippen molar-refractivity contribution in [3.63, 3.8) is 0 Å². The molecule has 72 valence electrons. The van der Waals surface area contributed by atoms with Gasteiger partial charge in [0.2, 0.25) is 5.89 Å². The highest BCUT2D eigenvalue weighted by Gasteiger charge is 2.20. The van der Waals surface area contributed by atoms with E-state index in [0.717, 1.165) is 12.5 Å². The molecule has 0 radical (unpaired) electrons. The minimum absolute atomic E-state index is 0.635. The third-order valence-corrected chi connectivity index (χ3v) is 2.60. The molecular weight excluding hydrogens is 166 g/mol. The molecule has 0 bridgehead atoms. The Bertz CT molecular complexity index is 280. The molecule has 13 heavy (non-hydrogen) atoms. The molecule has 0 saturated heterocycles. The molecule has 0 spiro atoms. The monoisotopic (exact) mass is 181 g/mol. The number of rotatable bonds is 3. The summed E-state index contributed by atoms with van der Waals surface area (Å²) < 4.78 is 5.32. The molecule has 1 aromatic heterocycles. The van der Waals surface area contributed by atoms with Crippen molar-refractivity contribution < 1.29 is 4.42 Å². The maximum absolute atomic E-state index is 5.32. The SMILES string of the molecule is Cc1nnc(N(C)CC2CCC2)o1. The van der Waals surface area contributed by atoms with Crippen LogP contribution in [-0.2, 0) is 0 Å². The van der Waals surface area contributed by atoms with Crippen molar-refractivity contribution >= 4 is 6.01 Å². The zero-order valence-corrected chi connectivity index (χ0v) is 8.16. The van der Waals surface area contributed by atoms with Gasteiger partial charge in [-0.3, -0.25) is 0 Å². The van der Waals surface area contributed by atoms with E-state index in [0.29, 0.717) is 11.9 Å². The first kappa shape index (κ1) is 8.53. The van der Waals surface area contributed by atoms with Gasteiger partial charge in [0.25, 0.3) is 0 Å². The van der Waals surface area contributed by atoms with E-state index in [-0.39, 0.29) is 0 Å². The number of aryl methyl sites for hydroxylation is 1. The van der Waals surface area contributed by atoms with Crippen molar-refractivity contribution in [2.45, 2.75) is 26.2 Å². The van der Waals surface area contributed by atoms with Crippen LogP contribution in [0.25, 0.3) is 0 Å². The largest absolute Gasteiger partial charge is 0.408 e. The molecule has 1 aromatic rings. The van der Waals surface area contributed by atoms with Gasteiger partial charge in [-0.05, 0) is 18.8 Å². The molecule has 1 saturated carbocycles. The zero-order chi connectivity index (χ0) is 9.26. The predicted molar refractivity (Wildman–Crippen MR) is 49.6 cm³/mol. The van der Waals surface area contributed by atoms with Crippen molar-refractivity contribution in [3.05, 3.63) is 5.89 Å². The van der Waals surface area contributed by atoms with Crippen molar-refractivity contribution in [1.29, 1.82) is 0 Å². The smallest absolute Gasteiger partial charge is 0.317 e. The summed E-state index contributed by atoms with van der Waals surface area (Å²) in [5.41, 5.74) is 0. The van der Waals surface area contributed by atoms with E-state index >= 15 is 0 Å². The second kappa shape index (κ2) is 3.36. The molecule has 4 nitrogen and oxygen atoms in total. The van der Waals surface area contributed by atoms with Gasteiger partial charge in [-0.2, -0.15) is 0 Å². The Morgan fingerprint density at radius 2 is 2.23 bits per heavy atom. The van der Waals surface area contributed by atoms with Crippen LogP contribution in [0.1, 0.15) is 25.2 Å². The molecule has 2 rings (SSSR count). The summed E-state index contributed by atoms with van der Waals surface area (Å²) in [6.07, 6.45) is 4.07. The van der Waals surface area contributed by atoms with Gasteiger partial charge >= 0.3 is 6.01 Å². The number of hydrogen-bond acceptors (Lipinski definition) is 4. The third kappa shape index (κ3) is 1.82. The molecule has 0 aromatic carbocycles. The van der Waals surface area contributed by atoms with Crippen LogP contribution in [0.15, 0.2) is 4.42 Å². The molecule has 1 fully saturated rings. The first-order valence-corrected chi connectivity index (χ1v) is 4.77. The van der Waals surface area contributed by atoms with Crippen molar-refractivity contribution in [2.24, 2.45) is 5.92 Å². The summed E-state index contributed by atoms with van der Waals surface area (Å²) in [6, 6.07) is 0.643.